The van der Waals surface area contributed by atoms with E-state index >= 15 is 0 Å². The minimum Gasteiger partial charge on any atom is -0.395 e. The highest BCUT2D eigenvalue weighted by atomic mass is 16.3. The highest BCUT2D eigenvalue weighted by Crippen LogP contribution is 2.25. The van der Waals surface area contributed by atoms with E-state index in [0.29, 0.717) is 6.04 Å². The summed E-state index contributed by atoms with van der Waals surface area (Å²) >= 11 is 0. The average molecular weight is 199 g/mol. The van der Waals surface area contributed by atoms with Crippen molar-refractivity contribution in [1.82, 2.24) is 5.32 Å². The van der Waals surface area contributed by atoms with Gasteiger partial charge in [-0.1, -0.05) is 26.2 Å². The molecule has 0 aromatic rings. The van der Waals surface area contributed by atoms with Crippen molar-refractivity contribution in [3.05, 3.63) is 0 Å². The first kappa shape index (κ1) is 12.0. The molecule has 1 fully saturated rings. The van der Waals surface area contributed by atoms with E-state index in [2.05, 4.69) is 19.2 Å². The Hall–Kier alpha value is -0.0800. The second-order valence-corrected chi connectivity index (χ2v) is 4.73. The molecule has 0 aromatic carbocycles. The van der Waals surface area contributed by atoms with Gasteiger partial charge in [-0.2, -0.15) is 0 Å². The molecule has 2 heteroatoms. The molecule has 1 saturated carbocycles. The van der Waals surface area contributed by atoms with Gasteiger partial charge in [0.1, 0.15) is 0 Å². The normalized spacial score (nSPS) is 31.1. The van der Waals surface area contributed by atoms with Crippen molar-refractivity contribution in [1.29, 1.82) is 0 Å². The lowest BCUT2D eigenvalue weighted by atomic mass is 9.98. The molecule has 0 aliphatic heterocycles. The molecule has 2 nitrogen and oxygen atoms in total. The van der Waals surface area contributed by atoms with Gasteiger partial charge in [-0.05, 0) is 32.1 Å². The summed E-state index contributed by atoms with van der Waals surface area (Å²) in [6, 6.07) is 0.909. The Bertz CT molecular complexity index is 149. The number of nitrogens with one attached hydrogen (secondary N) is 1. The maximum absolute atomic E-state index is 8.97. The fourth-order valence-corrected chi connectivity index (χ4v) is 2.41. The van der Waals surface area contributed by atoms with E-state index in [1.54, 1.807) is 0 Å². The largest absolute Gasteiger partial charge is 0.395 e. The first-order valence-corrected chi connectivity index (χ1v) is 6.13. The van der Waals surface area contributed by atoms with Gasteiger partial charge in [-0.25, -0.2) is 0 Å². The summed E-state index contributed by atoms with van der Waals surface area (Å²) in [5.74, 6) is 0.950. The lowest BCUT2D eigenvalue weighted by molar-refractivity contribution is 0.235. The summed E-state index contributed by atoms with van der Waals surface area (Å²) in [5.41, 5.74) is 0. The van der Waals surface area contributed by atoms with Crippen molar-refractivity contribution in [2.75, 3.05) is 6.61 Å². The van der Waals surface area contributed by atoms with Gasteiger partial charge in [0, 0.05) is 12.1 Å². The van der Waals surface area contributed by atoms with Crippen molar-refractivity contribution in [3.63, 3.8) is 0 Å². The van der Waals surface area contributed by atoms with Crippen LogP contribution in [0, 0.1) is 5.92 Å². The average Bonchev–Trinajstić information content (AvgIpc) is 2.43. The fraction of sp³-hybridized carbons (Fsp3) is 1.00. The third kappa shape index (κ3) is 3.97. The van der Waals surface area contributed by atoms with Gasteiger partial charge < -0.3 is 10.4 Å². The second-order valence-electron chi connectivity index (χ2n) is 4.73. The van der Waals surface area contributed by atoms with Gasteiger partial charge in [0.05, 0.1) is 6.61 Å². The maximum Gasteiger partial charge on any atom is 0.0582 e. The lowest BCUT2D eigenvalue weighted by Gasteiger charge is -2.20. The van der Waals surface area contributed by atoms with E-state index in [1.807, 2.05) is 0 Å². The van der Waals surface area contributed by atoms with Gasteiger partial charge in [0.15, 0.2) is 0 Å². The van der Waals surface area contributed by atoms with E-state index < -0.39 is 0 Å². The molecule has 0 saturated heterocycles. The highest BCUT2D eigenvalue weighted by Gasteiger charge is 2.18. The van der Waals surface area contributed by atoms with Crippen LogP contribution in [0.1, 0.15) is 52.4 Å². The molecule has 0 radical (unpaired) electrons. The molecule has 3 unspecified atom stereocenters. The minimum absolute atomic E-state index is 0.258. The van der Waals surface area contributed by atoms with E-state index in [4.69, 9.17) is 5.11 Å². The molecule has 1 aliphatic rings. The molecule has 1 rings (SSSR count). The third-order valence-corrected chi connectivity index (χ3v) is 3.46. The van der Waals surface area contributed by atoms with E-state index in [-0.39, 0.29) is 12.6 Å². The van der Waals surface area contributed by atoms with Crippen LogP contribution in [0.25, 0.3) is 0 Å². The van der Waals surface area contributed by atoms with Crippen LogP contribution in [0.4, 0.5) is 0 Å². The molecule has 0 heterocycles. The number of hydrogen-bond acceptors (Lipinski definition) is 2. The monoisotopic (exact) mass is 199 g/mol. The Labute approximate surface area is 88.1 Å². The van der Waals surface area contributed by atoms with Crippen LogP contribution in [0.2, 0.25) is 0 Å². The third-order valence-electron chi connectivity index (χ3n) is 3.46. The number of aliphatic hydroxyl groups excluding tert-OH is 1. The Morgan fingerprint density at radius 3 is 2.71 bits per heavy atom. The Morgan fingerprint density at radius 2 is 2.07 bits per heavy atom. The van der Waals surface area contributed by atoms with Crippen molar-refractivity contribution < 1.29 is 5.11 Å². The molecule has 0 bridgehead atoms. The van der Waals surface area contributed by atoms with Crippen molar-refractivity contribution in [2.24, 2.45) is 5.92 Å². The summed E-state index contributed by atoms with van der Waals surface area (Å²) in [4.78, 5) is 0. The smallest absolute Gasteiger partial charge is 0.0582 e. The summed E-state index contributed by atoms with van der Waals surface area (Å²) in [5, 5.41) is 12.5. The highest BCUT2D eigenvalue weighted by molar-refractivity contribution is 4.76. The van der Waals surface area contributed by atoms with Crippen LogP contribution >= 0.6 is 0 Å². The Kier molecular flexibility index (Phi) is 5.49. The van der Waals surface area contributed by atoms with E-state index in [0.717, 1.165) is 5.92 Å². The van der Waals surface area contributed by atoms with Gasteiger partial charge >= 0.3 is 0 Å². The molecule has 0 spiro atoms. The summed E-state index contributed by atoms with van der Waals surface area (Å²) in [7, 11) is 0. The number of aliphatic hydroxyl groups is 1. The summed E-state index contributed by atoms with van der Waals surface area (Å²) < 4.78 is 0. The van der Waals surface area contributed by atoms with Crippen molar-refractivity contribution in [3.8, 4) is 0 Å². The van der Waals surface area contributed by atoms with Crippen molar-refractivity contribution in [2.45, 2.75) is 64.5 Å². The fourth-order valence-electron chi connectivity index (χ4n) is 2.41. The molecule has 0 aromatic heterocycles. The van der Waals surface area contributed by atoms with E-state index in [9.17, 15) is 0 Å². The van der Waals surface area contributed by atoms with Gasteiger partial charge in [0.2, 0.25) is 0 Å². The molecular formula is C12H25NO. The zero-order valence-electron chi connectivity index (χ0n) is 9.63. The van der Waals surface area contributed by atoms with E-state index in [1.165, 1.54) is 38.5 Å². The molecule has 2 N–H and O–H groups in total. The first-order chi connectivity index (χ1) is 6.76. The van der Waals surface area contributed by atoms with Gasteiger partial charge in [-0.3, -0.25) is 0 Å². The van der Waals surface area contributed by atoms with Crippen LogP contribution in [-0.4, -0.2) is 23.8 Å². The topological polar surface area (TPSA) is 32.3 Å². The molecular weight excluding hydrogens is 174 g/mol. The summed E-state index contributed by atoms with van der Waals surface area (Å²) in [6.07, 6.45) is 8.05. The van der Waals surface area contributed by atoms with Gasteiger partial charge in [0.25, 0.3) is 0 Å². The standard InChI is InChI=1S/C12H25NO/c1-3-11-5-4-6-12(8-7-11)13-10(2)9-14/h10-14H,3-9H2,1-2H3. The molecule has 0 amide bonds. The van der Waals surface area contributed by atoms with Crippen LogP contribution in [0.5, 0.6) is 0 Å². The van der Waals surface area contributed by atoms with Crippen LogP contribution in [0.3, 0.4) is 0 Å². The minimum atomic E-state index is 0.258. The predicted molar refractivity (Wildman–Crippen MR) is 60.3 cm³/mol. The van der Waals surface area contributed by atoms with Crippen LogP contribution < -0.4 is 5.32 Å². The molecule has 84 valence electrons. The first-order valence-electron chi connectivity index (χ1n) is 6.13. The Balaban J connectivity index is 2.27. The zero-order valence-corrected chi connectivity index (χ0v) is 9.63. The lowest BCUT2D eigenvalue weighted by Crippen LogP contribution is -2.38. The summed E-state index contributed by atoms with van der Waals surface area (Å²) in [6.45, 7) is 4.62. The maximum atomic E-state index is 8.97. The second kappa shape index (κ2) is 6.41. The number of hydrogen-bond donors (Lipinski definition) is 2. The number of rotatable bonds is 4. The molecule has 3 atom stereocenters. The quantitative estimate of drug-likeness (QED) is 0.681. The SMILES string of the molecule is CCC1CCCC(NC(C)CO)CC1. The van der Waals surface area contributed by atoms with Crippen LogP contribution in [0.15, 0.2) is 0 Å². The Morgan fingerprint density at radius 1 is 1.29 bits per heavy atom. The molecule has 14 heavy (non-hydrogen) atoms. The van der Waals surface area contributed by atoms with Crippen molar-refractivity contribution >= 4 is 0 Å². The zero-order chi connectivity index (χ0) is 10.4. The van der Waals surface area contributed by atoms with Crippen LogP contribution in [-0.2, 0) is 0 Å². The molecule has 1 aliphatic carbocycles. The van der Waals surface area contributed by atoms with Gasteiger partial charge in [-0.15, -0.1) is 0 Å². The predicted octanol–water partition coefficient (Wildman–Crippen LogP) is 2.32.